The number of benzene rings is 2. The van der Waals surface area contributed by atoms with E-state index in [0.29, 0.717) is 49.9 Å². The Balaban J connectivity index is 1.47. The lowest BCUT2D eigenvalue weighted by atomic mass is 10.1. The summed E-state index contributed by atoms with van der Waals surface area (Å²) in [5.74, 6) is -0.957. The number of nitrogens with one attached hydrogen (secondary N) is 1. The van der Waals surface area contributed by atoms with Crippen LogP contribution >= 0.6 is 0 Å². The molecule has 0 saturated carbocycles. The Bertz CT molecular complexity index is 1400. The lowest BCUT2D eigenvalue weighted by Gasteiger charge is -2.27. The molecule has 1 aromatic heterocycles. The number of carbonyl (C=O) groups is 4. The fourth-order valence-electron chi connectivity index (χ4n) is 4.49. The number of nitrogens with zero attached hydrogens (tertiary/aromatic N) is 3. The molecule has 2 aromatic carbocycles. The smallest absolute Gasteiger partial charge is 0.335 e. The molecule has 2 aliphatic rings. The quantitative estimate of drug-likeness (QED) is 0.410. The molecule has 190 valence electrons. The normalized spacial score (nSPS) is 17.4. The third kappa shape index (κ3) is 4.83. The highest BCUT2D eigenvalue weighted by Gasteiger charge is 2.37. The van der Waals surface area contributed by atoms with Crippen LogP contribution in [0.3, 0.4) is 0 Å². The minimum absolute atomic E-state index is 0.0398. The van der Waals surface area contributed by atoms with Crippen LogP contribution in [0, 0.1) is 0 Å². The molecule has 2 aliphatic heterocycles. The zero-order valence-corrected chi connectivity index (χ0v) is 20.3. The summed E-state index contributed by atoms with van der Waals surface area (Å²) in [7, 11) is 0. The van der Waals surface area contributed by atoms with Crippen molar-refractivity contribution in [2.45, 2.75) is 13.5 Å². The average molecular weight is 503 g/mol. The minimum atomic E-state index is -0.824. The number of morpholine rings is 1. The monoisotopic (exact) mass is 502 g/mol. The molecule has 3 aromatic rings. The molecule has 3 heterocycles. The van der Waals surface area contributed by atoms with E-state index in [2.05, 4.69) is 5.32 Å². The van der Waals surface area contributed by atoms with Crippen molar-refractivity contribution in [1.29, 1.82) is 0 Å². The van der Waals surface area contributed by atoms with E-state index in [-0.39, 0.29) is 18.0 Å². The lowest BCUT2D eigenvalue weighted by molar-refractivity contribution is -0.135. The first-order chi connectivity index (χ1) is 18.0. The first-order valence-corrected chi connectivity index (χ1v) is 12.0. The van der Waals surface area contributed by atoms with Gasteiger partial charge in [-0.2, -0.15) is 0 Å². The highest BCUT2D eigenvalue weighted by atomic mass is 16.5. The second-order valence-corrected chi connectivity index (χ2v) is 8.61. The number of hydrogen-bond acceptors (Lipinski definition) is 6. The Kier molecular flexibility index (Phi) is 6.74. The Morgan fingerprint density at radius 2 is 1.78 bits per heavy atom. The zero-order chi connectivity index (χ0) is 25.9. The average Bonchev–Trinajstić information content (AvgIpc) is 3.25. The molecule has 0 aliphatic carbocycles. The number of fused-ring (bicyclic) bond motifs is 1. The Morgan fingerprint density at radius 1 is 1.05 bits per heavy atom. The van der Waals surface area contributed by atoms with Gasteiger partial charge in [0.05, 0.1) is 25.5 Å². The van der Waals surface area contributed by atoms with Gasteiger partial charge >= 0.3 is 6.03 Å². The summed E-state index contributed by atoms with van der Waals surface area (Å²) in [5, 5.41) is 3.02. The number of barbiturate groups is 1. The largest absolute Gasteiger partial charge is 0.494 e. The van der Waals surface area contributed by atoms with Crippen LogP contribution in [0.1, 0.15) is 12.5 Å². The van der Waals surface area contributed by atoms with E-state index in [9.17, 15) is 19.2 Å². The van der Waals surface area contributed by atoms with Crippen LogP contribution in [0.5, 0.6) is 5.75 Å². The summed E-state index contributed by atoms with van der Waals surface area (Å²) >= 11 is 0. The van der Waals surface area contributed by atoms with Crippen molar-refractivity contribution in [2.75, 3.05) is 37.8 Å². The van der Waals surface area contributed by atoms with Crippen molar-refractivity contribution < 1.29 is 28.7 Å². The van der Waals surface area contributed by atoms with Crippen molar-refractivity contribution in [3.05, 3.63) is 65.9 Å². The van der Waals surface area contributed by atoms with Crippen molar-refractivity contribution in [3.63, 3.8) is 0 Å². The van der Waals surface area contributed by atoms with Gasteiger partial charge in [-0.15, -0.1) is 0 Å². The van der Waals surface area contributed by atoms with Gasteiger partial charge in [-0.1, -0.05) is 18.2 Å². The fourth-order valence-corrected chi connectivity index (χ4v) is 4.49. The van der Waals surface area contributed by atoms with Gasteiger partial charge in [0, 0.05) is 35.8 Å². The maximum Gasteiger partial charge on any atom is 0.335 e. The van der Waals surface area contributed by atoms with Crippen LogP contribution in [-0.2, 0) is 25.7 Å². The van der Waals surface area contributed by atoms with Gasteiger partial charge < -0.3 is 18.9 Å². The van der Waals surface area contributed by atoms with Gasteiger partial charge in [-0.05, 0) is 43.3 Å². The Labute approximate surface area is 213 Å². The SMILES string of the molecule is CCOc1ccc(N2C(=O)NC(=O)/C(=C/c3cn(CC(=O)N4CCOCC4)c4ccccc34)C2=O)cc1. The van der Waals surface area contributed by atoms with Crippen LogP contribution in [0.2, 0.25) is 0 Å². The van der Waals surface area contributed by atoms with Crippen LogP contribution in [0.25, 0.3) is 17.0 Å². The number of hydrogen-bond donors (Lipinski definition) is 1. The number of ether oxygens (including phenoxy) is 2. The molecular weight excluding hydrogens is 476 g/mol. The van der Waals surface area contributed by atoms with Gasteiger partial charge in [0.25, 0.3) is 11.8 Å². The highest BCUT2D eigenvalue weighted by Crippen LogP contribution is 2.27. The van der Waals surface area contributed by atoms with Gasteiger partial charge in [-0.3, -0.25) is 19.7 Å². The first-order valence-electron chi connectivity index (χ1n) is 12.0. The Morgan fingerprint density at radius 3 is 2.51 bits per heavy atom. The standard InChI is InChI=1S/C27H26N4O6/c1-2-37-20-9-7-19(8-10-20)31-26(34)22(25(33)28-27(31)35)15-18-16-30(23-6-4-3-5-21(18)23)17-24(32)29-11-13-36-14-12-29/h3-10,15-16H,2,11-14,17H2,1H3,(H,28,33,35)/b22-15-. The van der Waals surface area contributed by atoms with E-state index in [1.165, 1.54) is 6.08 Å². The molecular formula is C27H26N4O6. The second-order valence-electron chi connectivity index (χ2n) is 8.61. The van der Waals surface area contributed by atoms with Crippen molar-refractivity contribution in [2.24, 2.45) is 0 Å². The molecule has 2 fully saturated rings. The van der Waals surface area contributed by atoms with Crippen molar-refractivity contribution >= 4 is 46.4 Å². The molecule has 5 amide bonds. The highest BCUT2D eigenvalue weighted by molar-refractivity contribution is 6.39. The third-order valence-electron chi connectivity index (χ3n) is 6.30. The van der Waals surface area contributed by atoms with Crippen molar-refractivity contribution in [1.82, 2.24) is 14.8 Å². The molecule has 37 heavy (non-hydrogen) atoms. The lowest BCUT2D eigenvalue weighted by Crippen LogP contribution is -2.54. The Hall–Kier alpha value is -4.44. The van der Waals surface area contributed by atoms with E-state index in [4.69, 9.17) is 9.47 Å². The van der Waals surface area contributed by atoms with Gasteiger partial charge in [0.1, 0.15) is 17.9 Å². The number of imide groups is 2. The topological polar surface area (TPSA) is 110 Å². The zero-order valence-electron chi connectivity index (χ0n) is 20.3. The van der Waals surface area contributed by atoms with E-state index in [1.807, 2.05) is 31.2 Å². The molecule has 5 rings (SSSR count). The van der Waals surface area contributed by atoms with E-state index < -0.39 is 17.8 Å². The van der Waals surface area contributed by atoms with E-state index in [0.717, 1.165) is 15.8 Å². The molecule has 10 heteroatoms. The van der Waals surface area contributed by atoms with Crippen LogP contribution in [0.4, 0.5) is 10.5 Å². The predicted molar refractivity (Wildman–Crippen MR) is 136 cm³/mol. The predicted octanol–water partition coefficient (Wildman–Crippen LogP) is 2.57. The summed E-state index contributed by atoms with van der Waals surface area (Å²) in [6.45, 7) is 4.55. The van der Waals surface area contributed by atoms with Gasteiger partial charge in [0.15, 0.2) is 0 Å². The van der Waals surface area contributed by atoms with Gasteiger partial charge in [0.2, 0.25) is 5.91 Å². The summed E-state index contributed by atoms with van der Waals surface area (Å²) < 4.78 is 12.6. The van der Waals surface area contributed by atoms with Crippen LogP contribution < -0.4 is 15.0 Å². The number of amides is 5. The van der Waals surface area contributed by atoms with E-state index in [1.54, 1.807) is 39.9 Å². The molecule has 0 unspecified atom stereocenters. The number of rotatable bonds is 6. The van der Waals surface area contributed by atoms with Crippen LogP contribution in [0.15, 0.2) is 60.3 Å². The summed E-state index contributed by atoms with van der Waals surface area (Å²) in [5.41, 5.74) is 1.50. The number of urea groups is 1. The molecule has 2 saturated heterocycles. The molecule has 0 radical (unpaired) electrons. The number of anilines is 1. The summed E-state index contributed by atoms with van der Waals surface area (Å²) in [6.07, 6.45) is 3.21. The molecule has 1 N–H and O–H groups in total. The summed E-state index contributed by atoms with van der Waals surface area (Å²) in [6, 6.07) is 13.1. The molecule has 0 spiro atoms. The number of carbonyl (C=O) groups excluding carboxylic acids is 4. The van der Waals surface area contributed by atoms with Gasteiger partial charge in [-0.25, -0.2) is 9.69 Å². The van der Waals surface area contributed by atoms with E-state index >= 15 is 0 Å². The molecule has 10 nitrogen and oxygen atoms in total. The third-order valence-corrected chi connectivity index (χ3v) is 6.30. The first kappa shape index (κ1) is 24.3. The van der Waals surface area contributed by atoms with Crippen LogP contribution in [-0.4, -0.2) is 66.1 Å². The maximum absolute atomic E-state index is 13.4. The fraction of sp³-hybridized carbons (Fsp3) is 0.259. The molecule has 0 atom stereocenters. The summed E-state index contributed by atoms with van der Waals surface area (Å²) in [4.78, 5) is 54.2. The minimum Gasteiger partial charge on any atom is -0.494 e. The maximum atomic E-state index is 13.4. The molecule has 0 bridgehead atoms. The number of para-hydroxylation sites is 1. The second kappa shape index (κ2) is 10.3. The van der Waals surface area contributed by atoms with Crippen molar-refractivity contribution in [3.8, 4) is 5.75 Å². The number of aromatic nitrogens is 1.